The van der Waals surface area contributed by atoms with E-state index in [2.05, 4.69) is 15.3 Å². The molecule has 1 heterocycles. The molecule has 21 heavy (non-hydrogen) atoms. The number of H-pyrrole nitrogens is 1. The van der Waals surface area contributed by atoms with E-state index in [1.807, 2.05) is 19.1 Å². The minimum Gasteiger partial charge on any atom is -0.342 e. The number of nitrogens with one attached hydrogen (secondary N) is 2. The summed E-state index contributed by atoms with van der Waals surface area (Å²) >= 11 is 0. The van der Waals surface area contributed by atoms with Crippen molar-refractivity contribution in [1.82, 2.24) is 9.97 Å². The number of fused-ring (bicyclic) bond motifs is 1. The number of nitrogens with zero attached hydrogens (tertiary/aromatic N) is 1. The molecular formula is C16H14FN3O. The van der Waals surface area contributed by atoms with Crippen molar-refractivity contribution in [3.05, 3.63) is 59.7 Å². The van der Waals surface area contributed by atoms with Crippen LogP contribution in [-0.2, 0) is 11.2 Å². The lowest BCUT2D eigenvalue weighted by molar-refractivity contribution is -0.115. The summed E-state index contributed by atoms with van der Waals surface area (Å²) < 4.78 is 13.5. The molecule has 0 radical (unpaired) electrons. The normalized spacial score (nSPS) is 10.8. The summed E-state index contributed by atoms with van der Waals surface area (Å²) in [7, 11) is 0. The fourth-order valence-electron chi connectivity index (χ4n) is 2.23. The van der Waals surface area contributed by atoms with Gasteiger partial charge in [0.05, 0.1) is 17.5 Å². The van der Waals surface area contributed by atoms with E-state index in [0.717, 1.165) is 16.9 Å². The Morgan fingerprint density at radius 3 is 2.90 bits per heavy atom. The molecule has 0 aliphatic heterocycles. The van der Waals surface area contributed by atoms with Crippen LogP contribution in [0.15, 0.2) is 42.5 Å². The molecule has 0 bridgehead atoms. The molecule has 0 atom stereocenters. The van der Waals surface area contributed by atoms with E-state index in [1.54, 1.807) is 24.3 Å². The number of imidazole rings is 1. The van der Waals surface area contributed by atoms with E-state index in [-0.39, 0.29) is 18.1 Å². The van der Waals surface area contributed by atoms with Crippen LogP contribution in [0.4, 0.5) is 10.1 Å². The first-order valence-corrected chi connectivity index (χ1v) is 6.61. The standard InChI is InChI=1S/C16H14FN3O/c1-10-18-14-7-6-12(9-15(14)19-10)20-16(21)8-11-4-2-3-5-13(11)17/h2-7,9H,8H2,1H3,(H,18,19)(H,20,21). The number of benzene rings is 2. The number of amides is 1. The number of aromatic amines is 1. The Bertz CT molecular complexity index is 810. The first kappa shape index (κ1) is 13.3. The van der Waals surface area contributed by atoms with Gasteiger partial charge in [-0.2, -0.15) is 0 Å². The first-order valence-electron chi connectivity index (χ1n) is 6.61. The maximum Gasteiger partial charge on any atom is 0.228 e. The molecule has 2 aromatic carbocycles. The number of hydrogen-bond donors (Lipinski definition) is 2. The van der Waals surface area contributed by atoms with Gasteiger partial charge >= 0.3 is 0 Å². The topological polar surface area (TPSA) is 57.8 Å². The monoisotopic (exact) mass is 283 g/mol. The van der Waals surface area contributed by atoms with Gasteiger partial charge in [-0.05, 0) is 36.8 Å². The summed E-state index contributed by atoms with van der Waals surface area (Å²) in [5.74, 6) is 0.197. The minimum atomic E-state index is -0.368. The Kier molecular flexibility index (Phi) is 3.39. The molecule has 3 aromatic rings. The van der Waals surface area contributed by atoms with Gasteiger partial charge in [0, 0.05) is 5.69 Å². The molecule has 1 amide bonds. The molecule has 0 saturated carbocycles. The quantitative estimate of drug-likeness (QED) is 0.775. The average Bonchev–Trinajstić information content (AvgIpc) is 2.80. The highest BCUT2D eigenvalue weighted by molar-refractivity contribution is 5.94. The number of hydrogen-bond acceptors (Lipinski definition) is 2. The van der Waals surface area contributed by atoms with Crippen molar-refractivity contribution in [2.24, 2.45) is 0 Å². The third-order valence-corrected chi connectivity index (χ3v) is 3.19. The van der Waals surface area contributed by atoms with E-state index in [9.17, 15) is 9.18 Å². The van der Waals surface area contributed by atoms with Crippen molar-refractivity contribution in [1.29, 1.82) is 0 Å². The highest BCUT2D eigenvalue weighted by atomic mass is 19.1. The average molecular weight is 283 g/mol. The Morgan fingerprint density at radius 1 is 1.29 bits per heavy atom. The van der Waals surface area contributed by atoms with Crippen LogP contribution in [0.5, 0.6) is 0 Å². The second-order valence-corrected chi connectivity index (χ2v) is 4.87. The van der Waals surface area contributed by atoms with Crippen LogP contribution >= 0.6 is 0 Å². The molecule has 3 rings (SSSR count). The number of aromatic nitrogens is 2. The number of aryl methyl sites for hydroxylation is 1. The largest absolute Gasteiger partial charge is 0.342 e. The second-order valence-electron chi connectivity index (χ2n) is 4.87. The Hall–Kier alpha value is -2.69. The van der Waals surface area contributed by atoms with Crippen molar-refractivity contribution >= 4 is 22.6 Å². The van der Waals surface area contributed by atoms with Crippen molar-refractivity contribution in [2.45, 2.75) is 13.3 Å². The van der Waals surface area contributed by atoms with E-state index in [4.69, 9.17) is 0 Å². The van der Waals surface area contributed by atoms with E-state index < -0.39 is 0 Å². The van der Waals surface area contributed by atoms with Crippen molar-refractivity contribution in [3.63, 3.8) is 0 Å². The van der Waals surface area contributed by atoms with Crippen molar-refractivity contribution < 1.29 is 9.18 Å². The second kappa shape index (κ2) is 5.36. The highest BCUT2D eigenvalue weighted by Crippen LogP contribution is 2.17. The Balaban J connectivity index is 1.75. The van der Waals surface area contributed by atoms with Gasteiger partial charge in [-0.1, -0.05) is 18.2 Å². The lowest BCUT2D eigenvalue weighted by Crippen LogP contribution is -2.15. The number of anilines is 1. The van der Waals surface area contributed by atoms with Gasteiger partial charge in [0.15, 0.2) is 0 Å². The highest BCUT2D eigenvalue weighted by Gasteiger charge is 2.09. The summed E-state index contributed by atoms with van der Waals surface area (Å²) in [5, 5.41) is 2.77. The van der Waals surface area contributed by atoms with Crippen LogP contribution < -0.4 is 5.32 Å². The van der Waals surface area contributed by atoms with Crippen molar-refractivity contribution in [3.8, 4) is 0 Å². The Labute approximate surface area is 121 Å². The summed E-state index contributed by atoms with van der Waals surface area (Å²) in [6.45, 7) is 1.87. The number of halogens is 1. The predicted molar refractivity (Wildman–Crippen MR) is 79.6 cm³/mol. The molecule has 0 spiro atoms. The first-order chi connectivity index (χ1) is 10.1. The zero-order valence-corrected chi connectivity index (χ0v) is 11.5. The molecule has 0 unspecified atom stereocenters. The van der Waals surface area contributed by atoms with E-state index in [0.29, 0.717) is 11.3 Å². The van der Waals surface area contributed by atoms with E-state index >= 15 is 0 Å². The lowest BCUT2D eigenvalue weighted by Gasteiger charge is -2.06. The third-order valence-electron chi connectivity index (χ3n) is 3.19. The summed E-state index contributed by atoms with van der Waals surface area (Å²) in [6.07, 6.45) is 0.00666. The van der Waals surface area contributed by atoms with Crippen molar-refractivity contribution in [2.75, 3.05) is 5.32 Å². The third kappa shape index (κ3) is 2.91. The molecule has 5 heteroatoms. The van der Waals surface area contributed by atoms with Gasteiger partial charge in [0.1, 0.15) is 11.6 Å². The maximum atomic E-state index is 13.5. The number of carbonyl (C=O) groups is 1. The van der Waals surface area contributed by atoms with Crippen LogP contribution in [0.1, 0.15) is 11.4 Å². The summed E-state index contributed by atoms with van der Waals surface area (Å²) in [5.41, 5.74) is 2.75. The zero-order chi connectivity index (χ0) is 14.8. The zero-order valence-electron chi connectivity index (χ0n) is 11.5. The van der Waals surface area contributed by atoms with Crippen LogP contribution in [0, 0.1) is 12.7 Å². The van der Waals surface area contributed by atoms with Gasteiger partial charge < -0.3 is 10.3 Å². The fourth-order valence-corrected chi connectivity index (χ4v) is 2.23. The molecule has 4 nitrogen and oxygen atoms in total. The molecule has 0 aliphatic rings. The Morgan fingerprint density at radius 2 is 2.10 bits per heavy atom. The molecule has 1 aromatic heterocycles. The van der Waals surface area contributed by atoms with Gasteiger partial charge in [0.2, 0.25) is 5.91 Å². The van der Waals surface area contributed by atoms with Gasteiger partial charge in [-0.25, -0.2) is 9.37 Å². The smallest absolute Gasteiger partial charge is 0.228 e. The predicted octanol–water partition coefficient (Wildman–Crippen LogP) is 3.19. The van der Waals surface area contributed by atoms with Gasteiger partial charge in [-0.15, -0.1) is 0 Å². The fraction of sp³-hybridized carbons (Fsp3) is 0.125. The van der Waals surface area contributed by atoms with E-state index in [1.165, 1.54) is 6.07 Å². The molecule has 2 N–H and O–H groups in total. The summed E-state index contributed by atoms with van der Waals surface area (Å²) in [4.78, 5) is 19.4. The van der Waals surface area contributed by atoms with Crippen LogP contribution in [0.2, 0.25) is 0 Å². The molecule has 0 saturated heterocycles. The van der Waals surface area contributed by atoms with Crippen LogP contribution in [0.25, 0.3) is 11.0 Å². The molecule has 0 aliphatic carbocycles. The van der Waals surface area contributed by atoms with Gasteiger partial charge in [0.25, 0.3) is 0 Å². The SMILES string of the molecule is Cc1nc2ccc(NC(=O)Cc3ccccc3F)cc2[nH]1. The van der Waals surface area contributed by atoms with Crippen LogP contribution in [-0.4, -0.2) is 15.9 Å². The van der Waals surface area contributed by atoms with Crippen LogP contribution in [0.3, 0.4) is 0 Å². The minimum absolute atomic E-state index is 0.00666. The number of rotatable bonds is 3. The summed E-state index contributed by atoms with van der Waals surface area (Å²) in [6, 6.07) is 11.7. The van der Waals surface area contributed by atoms with Gasteiger partial charge in [-0.3, -0.25) is 4.79 Å². The number of carbonyl (C=O) groups excluding carboxylic acids is 1. The molecule has 0 fully saturated rings. The molecular weight excluding hydrogens is 269 g/mol. The molecule has 106 valence electrons. The lowest BCUT2D eigenvalue weighted by atomic mass is 10.1. The maximum absolute atomic E-state index is 13.5.